The molecule has 0 bridgehead atoms. The highest BCUT2D eigenvalue weighted by molar-refractivity contribution is 5.42. The Morgan fingerprint density at radius 1 is 1.17 bits per heavy atom. The Labute approximate surface area is 111 Å². The minimum absolute atomic E-state index is 0.219. The quantitative estimate of drug-likeness (QED) is 0.602. The Hall–Kier alpha value is -1.06. The first-order chi connectivity index (χ1) is 8.49. The molecule has 0 aliphatic heterocycles. The van der Waals surface area contributed by atoms with Gasteiger partial charge < -0.3 is 4.74 Å². The van der Waals surface area contributed by atoms with Crippen molar-refractivity contribution in [3.8, 4) is 5.75 Å². The van der Waals surface area contributed by atoms with Gasteiger partial charge in [-0.15, -0.1) is 0 Å². The van der Waals surface area contributed by atoms with Crippen molar-refractivity contribution < 1.29 is 4.74 Å². The Bertz CT molecular complexity index is 388. The molecular formula is C15H26N2O. The van der Waals surface area contributed by atoms with Crippen LogP contribution in [-0.4, -0.2) is 7.11 Å². The van der Waals surface area contributed by atoms with Gasteiger partial charge in [0.05, 0.1) is 7.11 Å². The highest BCUT2D eigenvalue weighted by Crippen LogP contribution is 2.29. The van der Waals surface area contributed by atoms with E-state index in [9.17, 15) is 0 Å². The molecule has 0 aliphatic carbocycles. The summed E-state index contributed by atoms with van der Waals surface area (Å²) in [6.45, 7) is 8.65. The fourth-order valence-corrected chi connectivity index (χ4v) is 2.24. The minimum Gasteiger partial charge on any atom is -0.496 e. The summed E-state index contributed by atoms with van der Waals surface area (Å²) in [5, 5.41) is 0. The van der Waals surface area contributed by atoms with Crippen molar-refractivity contribution in [2.75, 3.05) is 7.11 Å². The molecule has 0 spiro atoms. The molecule has 3 heteroatoms. The van der Waals surface area contributed by atoms with E-state index in [1.165, 1.54) is 17.5 Å². The lowest BCUT2D eigenvalue weighted by molar-refractivity contribution is 0.409. The molecule has 1 aromatic rings. The Kier molecular flexibility index (Phi) is 5.63. The summed E-state index contributed by atoms with van der Waals surface area (Å²) < 4.78 is 5.34. The van der Waals surface area contributed by atoms with E-state index >= 15 is 0 Å². The Balaban J connectivity index is 2.95. The molecule has 0 amide bonds. The van der Waals surface area contributed by atoms with Crippen molar-refractivity contribution in [2.45, 2.75) is 46.6 Å². The summed E-state index contributed by atoms with van der Waals surface area (Å²) in [6.07, 6.45) is 2.22. The first-order valence-corrected chi connectivity index (χ1v) is 6.60. The predicted octanol–water partition coefficient (Wildman–Crippen LogP) is 3.25. The van der Waals surface area contributed by atoms with E-state index < -0.39 is 0 Å². The summed E-state index contributed by atoms with van der Waals surface area (Å²) in [4.78, 5) is 0. The topological polar surface area (TPSA) is 47.3 Å². The van der Waals surface area contributed by atoms with E-state index in [-0.39, 0.29) is 6.04 Å². The lowest BCUT2D eigenvalue weighted by Gasteiger charge is -2.21. The first kappa shape index (κ1) is 15.0. The van der Waals surface area contributed by atoms with Crippen molar-refractivity contribution >= 4 is 0 Å². The molecule has 0 heterocycles. The maximum atomic E-state index is 5.70. The maximum Gasteiger partial charge on any atom is 0.122 e. The second-order valence-corrected chi connectivity index (χ2v) is 5.37. The van der Waals surface area contributed by atoms with E-state index in [4.69, 9.17) is 10.6 Å². The fourth-order valence-electron chi connectivity index (χ4n) is 2.24. The molecule has 0 fully saturated rings. The summed E-state index contributed by atoms with van der Waals surface area (Å²) >= 11 is 0. The van der Waals surface area contributed by atoms with Gasteiger partial charge in [-0.3, -0.25) is 11.3 Å². The average molecular weight is 250 g/mol. The molecule has 1 atom stereocenters. The molecule has 0 aromatic heterocycles. The van der Waals surface area contributed by atoms with Crippen LogP contribution in [0.4, 0.5) is 0 Å². The van der Waals surface area contributed by atoms with Crippen LogP contribution in [0, 0.1) is 19.8 Å². The zero-order valence-electron chi connectivity index (χ0n) is 12.2. The molecule has 18 heavy (non-hydrogen) atoms. The van der Waals surface area contributed by atoms with Crippen LogP contribution in [0.25, 0.3) is 0 Å². The monoisotopic (exact) mass is 250 g/mol. The number of rotatable bonds is 6. The van der Waals surface area contributed by atoms with Crippen LogP contribution in [0.1, 0.15) is 49.4 Å². The SMILES string of the molecule is COc1cc(C)c(C(CCC(C)C)NN)cc1C. The zero-order chi connectivity index (χ0) is 13.7. The average Bonchev–Trinajstić information content (AvgIpc) is 2.33. The maximum absolute atomic E-state index is 5.70. The van der Waals surface area contributed by atoms with E-state index in [1.807, 2.05) is 0 Å². The van der Waals surface area contributed by atoms with Crippen molar-refractivity contribution in [2.24, 2.45) is 11.8 Å². The van der Waals surface area contributed by atoms with Gasteiger partial charge in [-0.05, 0) is 55.4 Å². The molecule has 0 radical (unpaired) electrons. The number of hydrogen-bond acceptors (Lipinski definition) is 3. The standard InChI is InChI=1S/C15H26N2O/c1-10(2)6-7-14(17-16)13-8-12(4)15(18-5)9-11(13)3/h8-10,14,17H,6-7,16H2,1-5H3. The summed E-state index contributed by atoms with van der Waals surface area (Å²) in [5.74, 6) is 7.33. The van der Waals surface area contributed by atoms with Gasteiger partial charge in [0.25, 0.3) is 0 Å². The molecule has 102 valence electrons. The molecule has 0 aliphatic rings. The third-order valence-electron chi connectivity index (χ3n) is 3.39. The summed E-state index contributed by atoms with van der Waals surface area (Å²) in [5.41, 5.74) is 6.59. The zero-order valence-corrected chi connectivity index (χ0v) is 12.2. The highest BCUT2D eigenvalue weighted by atomic mass is 16.5. The molecule has 1 aromatic carbocycles. The van der Waals surface area contributed by atoms with E-state index in [1.54, 1.807) is 7.11 Å². The van der Waals surface area contributed by atoms with Crippen LogP contribution in [0.15, 0.2) is 12.1 Å². The number of nitrogens with one attached hydrogen (secondary N) is 1. The second-order valence-electron chi connectivity index (χ2n) is 5.37. The largest absolute Gasteiger partial charge is 0.496 e. The van der Waals surface area contributed by atoms with Crippen molar-refractivity contribution in [1.82, 2.24) is 5.43 Å². The van der Waals surface area contributed by atoms with Gasteiger partial charge in [0.1, 0.15) is 5.75 Å². The molecule has 3 nitrogen and oxygen atoms in total. The van der Waals surface area contributed by atoms with Gasteiger partial charge in [-0.2, -0.15) is 0 Å². The van der Waals surface area contributed by atoms with Crippen LogP contribution in [-0.2, 0) is 0 Å². The van der Waals surface area contributed by atoms with Crippen LogP contribution in [0.2, 0.25) is 0 Å². The number of nitrogens with two attached hydrogens (primary N) is 1. The minimum atomic E-state index is 0.219. The number of aryl methyl sites for hydroxylation is 2. The third-order valence-corrected chi connectivity index (χ3v) is 3.39. The number of methoxy groups -OCH3 is 1. The summed E-state index contributed by atoms with van der Waals surface area (Å²) in [6, 6.07) is 4.49. The van der Waals surface area contributed by atoms with Gasteiger partial charge >= 0.3 is 0 Å². The predicted molar refractivity (Wildman–Crippen MR) is 76.6 cm³/mol. The van der Waals surface area contributed by atoms with Gasteiger partial charge in [0, 0.05) is 6.04 Å². The molecule has 3 N–H and O–H groups in total. The number of benzene rings is 1. The van der Waals surface area contributed by atoms with Gasteiger partial charge in [-0.1, -0.05) is 19.9 Å². The lowest BCUT2D eigenvalue weighted by atomic mass is 9.93. The Morgan fingerprint density at radius 3 is 2.33 bits per heavy atom. The van der Waals surface area contributed by atoms with E-state index in [0.717, 1.165) is 17.7 Å². The number of hydrazine groups is 1. The normalized spacial score (nSPS) is 12.8. The third kappa shape index (κ3) is 3.72. The highest BCUT2D eigenvalue weighted by Gasteiger charge is 2.14. The van der Waals surface area contributed by atoms with Crippen molar-refractivity contribution in [1.29, 1.82) is 0 Å². The second kappa shape index (κ2) is 6.76. The molecular weight excluding hydrogens is 224 g/mol. The van der Waals surface area contributed by atoms with E-state index in [2.05, 4.69) is 45.3 Å². The molecule has 0 saturated carbocycles. The lowest BCUT2D eigenvalue weighted by Crippen LogP contribution is -2.29. The Morgan fingerprint density at radius 2 is 1.83 bits per heavy atom. The van der Waals surface area contributed by atoms with Gasteiger partial charge in [-0.25, -0.2) is 0 Å². The van der Waals surface area contributed by atoms with Gasteiger partial charge in [0.2, 0.25) is 0 Å². The first-order valence-electron chi connectivity index (χ1n) is 6.60. The van der Waals surface area contributed by atoms with Crippen LogP contribution < -0.4 is 16.0 Å². The molecule has 1 rings (SSSR count). The van der Waals surface area contributed by atoms with Crippen molar-refractivity contribution in [3.63, 3.8) is 0 Å². The molecule has 0 saturated heterocycles. The van der Waals surface area contributed by atoms with Crippen molar-refractivity contribution in [3.05, 3.63) is 28.8 Å². The number of ether oxygens (including phenoxy) is 1. The smallest absolute Gasteiger partial charge is 0.122 e. The number of hydrogen-bond donors (Lipinski definition) is 2. The molecule has 1 unspecified atom stereocenters. The van der Waals surface area contributed by atoms with Crippen LogP contribution in [0.3, 0.4) is 0 Å². The van der Waals surface area contributed by atoms with Crippen LogP contribution in [0.5, 0.6) is 5.75 Å². The summed E-state index contributed by atoms with van der Waals surface area (Å²) in [7, 11) is 1.71. The van der Waals surface area contributed by atoms with E-state index in [0.29, 0.717) is 5.92 Å². The van der Waals surface area contributed by atoms with Crippen LogP contribution >= 0.6 is 0 Å². The fraction of sp³-hybridized carbons (Fsp3) is 0.600. The van der Waals surface area contributed by atoms with Gasteiger partial charge in [0.15, 0.2) is 0 Å².